The van der Waals surface area contributed by atoms with Crippen LogP contribution in [0.3, 0.4) is 0 Å². The van der Waals surface area contributed by atoms with Gasteiger partial charge in [-0.3, -0.25) is 0 Å². The van der Waals surface area contributed by atoms with Crippen molar-refractivity contribution >= 4 is 29.1 Å². The van der Waals surface area contributed by atoms with Crippen LogP contribution < -0.4 is 10.6 Å². The van der Waals surface area contributed by atoms with Crippen LogP contribution in [0.25, 0.3) is 0 Å². The van der Waals surface area contributed by atoms with Gasteiger partial charge in [0.05, 0.1) is 11.1 Å². The zero-order valence-corrected chi connectivity index (χ0v) is 13.5. The van der Waals surface area contributed by atoms with Gasteiger partial charge in [-0.25, -0.2) is 9.37 Å². The van der Waals surface area contributed by atoms with Crippen molar-refractivity contribution in [2.24, 2.45) is 0 Å². The second-order valence-electron chi connectivity index (χ2n) is 5.49. The van der Waals surface area contributed by atoms with Crippen LogP contribution in [0.4, 0.5) is 21.8 Å². The molecule has 2 heterocycles. The molecule has 1 aromatic carbocycles. The minimum absolute atomic E-state index is 0.0550. The van der Waals surface area contributed by atoms with Crippen molar-refractivity contribution in [1.29, 1.82) is 0 Å². The summed E-state index contributed by atoms with van der Waals surface area (Å²) in [4.78, 5) is 8.75. The summed E-state index contributed by atoms with van der Waals surface area (Å²) in [5.74, 6) is 0.701. The van der Waals surface area contributed by atoms with Crippen molar-refractivity contribution in [3.8, 4) is 0 Å². The molecule has 0 bridgehead atoms. The lowest BCUT2D eigenvalue weighted by atomic mass is 10.2. The molecule has 7 heteroatoms. The number of halogens is 2. The maximum absolute atomic E-state index is 13.2. The number of nitrogens with zero attached hydrogens (tertiary/aromatic N) is 2. The number of aryl methyl sites for hydroxylation is 1. The van der Waals surface area contributed by atoms with Gasteiger partial charge in [0.15, 0.2) is 0 Å². The molecule has 3 rings (SSSR count). The van der Waals surface area contributed by atoms with Crippen LogP contribution in [0.2, 0.25) is 5.02 Å². The summed E-state index contributed by atoms with van der Waals surface area (Å²) in [6.45, 7) is 3.44. The topological polar surface area (TPSA) is 59.1 Å². The van der Waals surface area contributed by atoms with Gasteiger partial charge in [0.25, 0.3) is 0 Å². The van der Waals surface area contributed by atoms with Crippen LogP contribution >= 0.6 is 11.6 Å². The van der Waals surface area contributed by atoms with Gasteiger partial charge in [0, 0.05) is 30.6 Å². The Bertz CT molecular complexity index is 692. The quantitative estimate of drug-likeness (QED) is 0.866. The number of nitrogens with one attached hydrogen (secondary N) is 2. The van der Waals surface area contributed by atoms with E-state index in [1.807, 2.05) is 13.0 Å². The van der Waals surface area contributed by atoms with Crippen molar-refractivity contribution in [3.63, 3.8) is 0 Å². The SMILES string of the molecule is Cc1cc(NCC2CCCO2)nc(Nc2ccc(F)c(Cl)c2)n1. The average molecular weight is 337 g/mol. The van der Waals surface area contributed by atoms with Crippen LogP contribution in [0, 0.1) is 12.7 Å². The molecule has 1 aliphatic heterocycles. The van der Waals surface area contributed by atoms with Gasteiger partial charge in [-0.1, -0.05) is 11.6 Å². The van der Waals surface area contributed by atoms with Crippen LogP contribution in [-0.4, -0.2) is 29.2 Å². The number of rotatable bonds is 5. The van der Waals surface area contributed by atoms with E-state index < -0.39 is 5.82 Å². The molecule has 0 saturated carbocycles. The number of aromatic nitrogens is 2. The van der Waals surface area contributed by atoms with Crippen molar-refractivity contribution in [1.82, 2.24) is 9.97 Å². The number of hydrogen-bond donors (Lipinski definition) is 2. The Morgan fingerprint density at radius 1 is 1.35 bits per heavy atom. The Kier molecular flexibility index (Phi) is 4.93. The normalized spacial score (nSPS) is 17.3. The molecule has 23 heavy (non-hydrogen) atoms. The lowest BCUT2D eigenvalue weighted by molar-refractivity contribution is 0.120. The molecule has 1 unspecified atom stereocenters. The van der Waals surface area contributed by atoms with E-state index in [1.165, 1.54) is 12.1 Å². The minimum atomic E-state index is -0.457. The highest BCUT2D eigenvalue weighted by Crippen LogP contribution is 2.22. The first-order valence-corrected chi connectivity index (χ1v) is 7.91. The second-order valence-corrected chi connectivity index (χ2v) is 5.90. The van der Waals surface area contributed by atoms with Gasteiger partial charge in [-0.2, -0.15) is 4.98 Å². The summed E-state index contributed by atoms with van der Waals surface area (Å²) in [5, 5.41) is 6.36. The monoisotopic (exact) mass is 336 g/mol. The predicted octanol–water partition coefficient (Wildman–Crippen LogP) is 3.91. The average Bonchev–Trinajstić information content (AvgIpc) is 3.02. The molecule has 1 aliphatic rings. The summed E-state index contributed by atoms with van der Waals surface area (Å²) in [7, 11) is 0. The van der Waals surface area contributed by atoms with E-state index in [0.717, 1.165) is 37.5 Å². The van der Waals surface area contributed by atoms with Crippen LogP contribution in [-0.2, 0) is 4.74 Å². The number of benzene rings is 1. The molecular weight excluding hydrogens is 319 g/mol. The lowest BCUT2D eigenvalue weighted by Crippen LogP contribution is -2.19. The molecule has 0 spiro atoms. The van der Waals surface area contributed by atoms with Crippen LogP contribution in [0.15, 0.2) is 24.3 Å². The standard InChI is InChI=1S/C16H18ClFN4O/c1-10-7-15(19-9-12-3-2-6-23-12)22-16(20-10)21-11-4-5-14(18)13(17)8-11/h4-5,7-8,12H,2-3,6,9H2,1H3,(H2,19,20,21,22). The highest BCUT2D eigenvalue weighted by molar-refractivity contribution is 6.31. The maximum atomic E-state index is 13.2. The van der Waals surface area contributed by atoms with Gasteiger partial charge >= 0.3 is 0 Å². The Morgan fingerprint density at radius 2 is 2.22 bits per heavy atom. The third-order valence-corrected chi connectivity index (χ3v) is 3.85. The molecule has 1 fully saturated rings. The van der Waals surface area contributed by atoms with Crippen LogP contribution in [0.1, 0.15) is 18.5 Å². The highest BCUT2D eigenvalue weighted by Gasteiger charge is 2.15. The lowest BCUT2D eigenvalue weighted by Gasteiger charge is -2.13. The first-order valence-electron chi connectivity index (χ1n) is 7.53. The smallest absolute Gasteiger partial charge is 0.229 e. The molecule has 0 amide bonds. The molecule has 122 valence electrons. The molecule has 0 aliphatic carbocycles. The van der Waals surface area contributed by atoms with E-state index in [2.05, 4.69) is 20.6 Å². The fourth-order valence-corrected chi connectivity index (χ4v) is 2.62. The van der Waals surface area contributed by atoms with Gasteiger partial charge in [0.1, 0.15) is 11.6 Å². The van der Waals surface area contributed by atoms with Gasteiger partial charge in [-0.05, 0) is 38.0 Å². The van der Waals surface area contributed by atoms with Gasteiger partial charge < -0.3 is 15.4 Å². The molecule has 1 aromatic heterocycles. The Hall–Kier alpha value is -1.92. The maximum Gasteiger partial charge on any atom is 0.229 e. The molecule has 2 N–H and O–H groups in total. The Morgan fingerprint density at radius 3 is 2.96 bits per heavy atom. The van der Waals surface area contributed by atoms with Crippen LogP contribution in [0.5, 0.6) is 0 Å². The first-order chi connectivity index (χ1) is 11.1. The molecular formula is C16H18ClFN4O. The molecule has 0 radical (unpaired) electrons. The second kappa shape index (κ2) is 7.10. The predicted molar refractivity (Wildman–Crippen MR) is 88.9 cm³/mol. The largest absolute Gasteiger partial charge is 0.376 e. The Labute approximate surface area is 139 Å². The van der Waals surface area contributed by atoms with E-state index in [9.17, 15) is 4.39 Å². The summed E-state index contributed by atoms with van der Waals surface area (Å²) in [6.07, 6.45) is 2.40. The molecule has 1 saturated heterocycles. The van der Waals surface area contributed by atoms with E-state index in [-0.39, 0.29) is 11.1 Å². The minimum Gasteiger partial charge on any atom is -0.376 e. The fourth-order valence-electron chi connectivity index (χ4n) is 2.44. The summed E-state index contributed by atoms with van der Waals surface area (Å²) >= 11 is 5.78. The van der Waals surface area contributed by atoms with Crippen molar-refractivity contribution < 1.29 is 9.13 Å². The number of anilines is 3. The molecule has 2 aromatic rings. The van der Waals surface area contributed by atoms with Crippen molar-refractivity contribution in [2.45, 2.75) is 25.9 Å². The molecule has 1 atom stereocenters. The third kappa shape index (κ3) is 4.30. The Balaban J connectivity index is 1.70. The number of ether oxygens (including phenoxy) is 1. The first kappa shape index (κ1) is 16.0. The van der Waals surface area contributed by atoms with Gasteiger partial charge in [-0.15, -0.1) is 0 Å². The zero-order chi connectivity index (χ0) is 16.2. The van der Waals surface area contributed by atoms with Crippen molar-refractivity contribution in [2.75, 3.05) is 23.8 Å². The van der Waals surface area contributed by atoms with E-state index >= 15 is 0 Å². The van der Waals surface area contributed by atoms with Crippen molar-refractivity contribution in [3.05, 3.63) is 40.8 Å². The number of hydrogen-bond acceptors (Lipinski definition) is 5. The fraction of sp³-hybridized carbons (Fsp3) is 0.375. The highest BCUT2D eigenvalue weighted by atomic mass is 35.5. The van der Waals surface area contributed by atoms with Gasteiger partial charge in [0.2, 0.25) is 5.95 Å². The van der Waals surface area contributed by atoms with E-state index in [0.29, 0.717) is 11.6 Å². The van der Waals surface area contributed by atoms with E-state index in [1.54, 1.807) is 6.07 Å². The summed E-state index contributed by atoms with van der Waals surface area (Å²) in [6, 6.07) is 6.27. The summed E-state index contributed by atoms with van der Waals surface area (Å²) < 4.78 is 18.8. The zero-order valence-electron chi connectivity index (χ0n) is 12.8. The summed E-state index contributed by atoms with van der Waals surface area (Å²) in [5.41, 5.74) is 1.46. The third-order valence-electron chi connectivity index (χ3n) is 3.56. The molecule has 5 nitrogen and oxygen atoms in total. The van der Waals surface area contributed by atoms with E-state index in [4.69, 9.17) is 16.3 Å².